The molecule has 1 aliphatic carbocycles. The lowest BCUT2D eigenvalue weighted by Crippen LogP contribution is -2.31. The first kappa shape index (κ1) is 6.00. The summed E-state index contributed by atoms with van der Waals surface area (Å²) in [7, 11) is 0. The van der Waals surface area contributed by atoms with Gasteiger partial charge in [-0.05, 0) is 18.8 Å². The number of fused-ring (bicyclic) bond motifs is 3. The van der Waals surface area contributed by atoms with E-state index in [4.69, 9.17) is 4.74 Å². The van der Waals surface area contributed by atoms with E-state index in [1.165, 1.54) is 6.42 Å². The Balaban J connectivity index is 1.94. The molecule has 1 amide bonds. The van der Waals surface area contributed by atoms with Gasteiger partial charge in [0, 0.05) is 5.92 Å². The highest BCUT2D eigenvalue weighted by molar-refractivity contribution is 5.83. The van der Waals surface area contributed by atoms with Crippen molar-refractivity contribution in [2.45, 2.75) is 18.9 Å². The van der Waals surface area contributed by atoms with Crippen molar-refractivity contribution < 1.29 is 9.53 Å². The molecule has 0 spiro atoms. The van der Waals surface area contributed by atoms with E-state index >= 15 is 0 Å². The lowest BCUT2D eigenvalue weighted by atomic mass is 9.73. The minimum atomic E-state index is 0.351. The zero-order chi connectivity index (χ0) is 7.42. The lowest BCUT2D eigenvalue weighted by molar-refractivity contribution is -0.134. The Kier molecular flexibility index (Phi) is 0.969. The maximum absolute atomic E-state index is 11.5. The number of carbonyl (C=O) groups excluding carboxylic acids is 1. The van der Waals surface area contributed by atoms with E-state index in [0.29, 0.717) is 30.5 Å². The summed E-state index contributed by atoms with van der Waals surface area (Å²) in [6, 6.07) is 0.446. The van der Waals surface area contributed by atoms with Crippen LogP contribution in [0.2, 0.25) is 0 Å². The second kappa shape index (κ2) is 1.78. The molecule has 0 aromatic carbocycles. The molecule has 2 aliphatic heterocycles. The van der Waals surface area contributed by atoms with E-state index in [2.05, 4.69) is 0 Å². The second-order valence-corrected chi connectivity index (χ2v) is 3.72. The van der Waals surface area contributed by atoms with E-state index in [1.54, 1.807) is 0 Å². The van der Waals surface area contributed by atoms with Crippen LogP contribution >= 0.6 is 0 Å². The molecule has 1 saturated carbocycles. The van der Waals surface area contributed by atoms with Crippen LogP contribution in [0.4, 0.5) is 0 Å². The Morgan fingerprint density at radius 2 is 2.36 bits per heavy atom. The van der Waals surface area contributed by atoms with Crippen molar-refractivity contribution in [3.63, 3.8) is 0 Å². The number of rotatable bonds is 0. The number of hydrogen-bond acceptors (Lipinski definition) is 2. The third kappa shape index (κ3) is 0.562. The highest BCUT2D eigenvalue weighted by atomic mass is 16.5. The third-order valence-electron chi connectivity index (χ3n) is 3.34. The van der Waals surface area contributed by atoms with Gasteiger partial charge in [-0.3, -0.25) is 4.79 Å². The van der Waals surface area contributed by atoms with Gasteiger partial charge >= 0.3 is 0 Å². The molecule has 3 unspecified atom stereocenters. The van der Waals surface area contributed by atoms with Crippen molar-refractivity contribution in [2.75, 3.05) is 13.3 Å². The minimum Gasteiger partial charge on any atom is -0.359 e. The summed E-state index contributed by atoms with van der Waals surface area (Å²) in [6.45, 7) is 1.34. The summed E-state index contributed by atoms with van der Waals surface area (Å²) in [6.07, 6.45) is 2.36. The Morgan fingerprint density at radius 3 is 3.09 bits per heavy atom. The van der Waals surface area contributed by atoms with Gasteiger partial charge in [-0.1, -0.05) is 0 Å². The average Bonchev–Trinajstić information content (AvgIpc) is 2.38. The van der Waals surface area contributed by atoms with Crippen molar-refractivity contribution in [1.82, 2.24) is 4.90 Å². The van der Waals surface area contributed by atoms with Gasteiger partial charge in [-0.2, -0.15) is 0 Å². The first-order valence-corrected chi connectivity index (χ1v) is 4.26. The predicted molar refractivity (Wildman–Crippen MR) is 37.7 cm³/mol. The van der Waals surface area contributed by atoms with Crippen LogP contribution in [0.15, 0.2) is 0 Å². The van der Waals surface area contributed by atoms with E-state index in [9.17, 15) is 4.79 Å². The molecule has 0 aromatic rings. The van der Waals surface area contributed by atoms with Crippen LogP contribution in [-0.2, 0) is 9.53 Å². The highest BCUT2D eigenvalue weighted by Crippen LogP contribution is 2.47. The molecule has 2 saturated heterocycles. The third-order valence-corrected chi connectivity index (χ3v) is 3.34. The molecular weight excluding hydrogens is 142 g/mol. The van der Waals surface area contributed by atoms with Crippen LogP contribution in [0.5, 0.6) is 0 Å². The van der Waals surface area contributed by atoms with Crippen molar-refractivity contribution in [3.05, 3.63) is 0 Å². The standard InChI is InChI=1S/C8H11NO2/c10-8-6-2-1-5(6)7-3-11-4-9(7)8/h5-7H,1-4H2. The molecule has 3 rings (SSSR count). The molecular formula is C8H11NO2. The summed E-state index contributed by atoms with van der Waals surface area (Å²) in [5.74, 6) is 1.37. The molecule has 0 bridgehead atoms. The molecule has 2 heterocycles. The topological polar surface area (TPSA) is 29.5 Å². The monoisotopic (exact) mass is 153 g/mol. The summed E-state index contributed by atoms with van der Waals surface area (Å²) in [5, 5.41) is 0. The van der Waals surface area contributed by atoms with E-state index < -0.39 is 0 Å². The molecule has 11 heavy (non-hydrogen) atoms. The molecule has 0 N–H and O–H groups in total. The maximum Gasteiger partial charge on any atom is 0.228 e. The number of nitrogens with zero attached hydrogens (tertiary/aromatic N) is 1. The Labute approximate surface area is 65.3 Å². The van der Waals surface area contributed by atoms with Crippen LogP contribution in [0.1, 0.15) is 12.8 Å². The van der Waals surface area contributed by atoms with Gasteiger partial charge in [0.15, 0.2) is 0 Å². The number of ether oxygens (including phenoxy) is 1. The average molecular weight is 153 g/mol. The van der Waals surface area contributed by atoms with Crippen LogP contribution in [0.3, 0.4) is 0 Å². The minimum absolute atomic E-state index is 0.351. The van der Waals surface area contributed by atoms with Gasteiger partial charge in [0.2, 0.25) is 5.91 Å². The molecule has 3 heteroatoms. The van der Waals surface area contributed by atoms with Gasteiger partial charge in [0.25, 0.3) is 0 Å². The summed E-state index contributed by atoms with van der Waals surface area (Å²) < 4.78 is 5.24. The summed E-state index contributed by atoms with van der Waals surface area (Å²) in [5.41, 5.74) is 0. The van der Waals surface area contributed by atoms with Crippen LogP contribution in [0.25, 0.3) is 0 Å². The van der Waals surface area contributed by atoms with Gasteiger partial charge in [0.1, 0.15) is 6.73 Å². The lowest BCUT2D eigenvalue weighted by Gasteiger charge is -2.29. The molecule has 3 nitrogen and oxygen atoms in total. The summed E-state index contributed by atoms with van der Waals surface area (Å²) >= 11 is 0. The van der Waals surface area contributed by atoms with Gasteiger partial charge in [0.05, 0.1) is 12.6 Å². The van der Waals surface area contributed by atoms with E-state index in [0.717, 1.165) is 13.0 Å². The number of carbonyl (C=O) groups is 1. The molecule has 3 fully saturated rings. The largest absolute Gasteiger partial charge is 0.359 e. The fraction of sp³-hybridized carbons (Fsp3) is 0.875. The zero-order valence-corrected chi connectivity index (χ0v) is 6.32. The Hall–Kier alpha value is -0.570. The van der Waals surface area contributed by atoms with Gasteiger partial charge in [-0.15, -0.1) is 0 Å². The first-order valence-electron chi connectivity index (χ1n) is 4.26. The van der Waals surface area contributed by atoms with Crippen LogP contribution in [0, 0.1) is 11.8 Å². The smallest absolute Gasteiger partial charge is 0.228 e. The SMILES string of the molecule is O=C1C2CCC2C2COCN12. The van der Waals surface area contributed by atoms with Crippen molar-refractivity contribution in [3.8, 4) is 0 Å². The van der Waals surface area contributed by atoms with Crippen molar-refractivity contribution >= 4 is 5.91 Å². The van der Waals surface area contributed by atoms with Gasteiger partial charge in [-0.25, -0.2) is 0 Å². The zero-order valence-electron chi connectivity index (χ0n) is 6.32. The van der Waals surface area contributed by atoms with E-state index in [1.807, 2.05) is 4.90 Å². The van der Waals surface area contributed by atoms with Crippen molar-refractivity contribution in [1.29, 1.82) is 0 Å². The predicted octanol–water partition coefficient (Wildman–Crippen LogP) is 0.211. The number of amides is 1. The van der Waals surface area contributed by atoms with Gasteiger partial charge < -0.3 is 9.64 Å². The fourth-order valence-corrected chi connectivity index (χ4v) is 2.55. The molecule has 0 aromatic heterocycles. The number of hydrogen-bond donors (Lipinski definition) is 0. The highest BCUT2D eigenvalue weighted by Gasteiger charge is 2.54. The quantitative estimate of drug-likeness (QED) is 0.498. The van der Waals surface area contributed by atoms with Crippen molar-refractivity contribution in [2.24, 2.45) is 11.8 Å². The molecule has 60 valence electrons. The molecule has 0 radical (unpaired) electrons. The normalized spacial score (nSPS) is 47.1. The summed E-state index contributed by atoms with van der Waals surface area (Å²) in [4.78, 5) is 13.4. The maximum atomic E-state index is 11.5. The second-order valence-electron chi connectivity index (χ2n) is 3.72. The Morgan fingerprint density at radius 1 is 1.45 bits per heavy atom. The molecule has 3 atom stereocenters. The first-order chi connectivity index (χ1) is 5.38. The van der Waals surface area contributed by atoms with Crippen LogP contribution in [-0.4, -0.2) is 30.2 Å². The Bertz CT molecular complexity index is 216. The van der Waals surface area contributed by atoms with Crippen LogP contribution < -0.4 is 0 Å². The molecule has 3 aliphatic rings. The fourth-order valence-electron chi connectivity index (χ4n) is 2.55. The van der Waals surface area contributed by atoms with E-state index in [-0.39, 0.29) is 0 Å².